The Balaban J connectivity index is 1.92. The molecule has 0 atom stereocenters. The molecule has 20 heavy (non-hydrogen) atoms. The maximum Gasteiger partial charge on any atom is 0.262 e. The van der Waals surface area contributed by atoms with E-state index in [1.54, 1.807) is 28.8 Å². The van der Waals surface area contributed by atoms with Crippen molar-refractivity contribution in [3.8, 4) is 0 Å². The summed E-state index contributed by atoms with van der Waals surface area (Å²) in [5.74, 6) is 0. The van der Waals surface area contributed by atoms with Crippen LogP contribution in [0.1, 0.15) is 4.88 Å². The molecule has 0 radical (unpaired) electrons. The van der Waals surface area contributed by atoms with Crippen molar-refractivity contribution in [3.05, 3.63) is 46.0 Å². The summed E-state index contributed by atoms with van der Waals surface area (Å²) in [6.07, 6.45) is 0. The molecule has 0 aliphatic carbocycles. The van der Waals surface area contributed by atoms with Crippen molar-refractivity contribution in [1.29, 1.82) is 0 Å². The molecule has 3 N–H and O–H groups in total. The van der Waals surface area contributed by atoms with Gasteiger partial charge >= 0.3 is 0 Å². The molecule has 0 saturated heterocycles. The highest BCUT2D eigenvalue weighted by Gasteiger charge is 2.16. The molecule has 0 bridgehead atoms. The van der Waals surface area contributed by atoms with Crippen molar-refractivity contribution < 1.29 is 8.42 Å². The first-order valence-corrected chi connectivity index (χ1v) is 9.10. The Bertz CT molecular complexity index is 849. The lowest BCUT2D eigenvalue weighted by atomic mass is 10.2. The summed E-state index contributed by atoms with van der Waals surface area (Å²) in [4.78, 5) is 1.10. The topological polar surface area (TPSA) is 72.2 Å². The zero-order chi connectivity index (χ0) is 14.2. The van der Waals surface area contributed by atoms with Crippen LogP contribution in [0.25, 0.3) is 10.1 Å². The summed E-state index contributed by atoms with van der Waals surface area (Å²) in [5, 5.41) is 4.62. The largest absolute Gasteiger partial charge is 0.326 e. The number of anilines is 1. The first-order chi connectivity index (χ1) is 9.58. The van der Waals surface area contributed by atoms with Crippen molar-refractivity contribution in [3.63, 3.8) is 0 Å². The van der Waals surface area contributed by atoms with Gasteiger partial charge in [0.05, 0.1) is 4.90 Å². The summed E-state index contributed by atoms with van der Waals surface area (Å²) in [5.41, 5.74) is 6.07. The molecule has 2 aromatic heterocycles. The Labute approximate surface area is 124 Å². The normalized spacial score (nSPS) is 11.8. The van der Waals surface area contributed by atoms with Crippen LogP contribution in [0.4, 0.5) is 5.69 Å². The van der Waals surface area contributed by atoms with Gasteiger partial charge in [0, 0.05) is 27.2 Å². The van der Waals surface area contributed by atoms with E-state index in [-0.39, 0.29) is 4.90 Å². The maximum atomic E-state index is 12.3. The van der Waals surface area contributed by atoms with Crippen LogP contribution in [-0.2, 0) is 16.6 Å². The summed E-state index contributed by atoms with van der Waals surface area (Å²) >= 11 is 2.98. The molecule has 0 aliphatic heterocycles. The van der Waals surface area contributed by atoms with Crippen LogP contribution < -0.4 is 10.5 Å². The van der Waals surface area contributed by atoms with E-state index in [2.05, 4.69) is 4.72 Å². The Kier molecular flexibility index (Phi) is 3.51. The second-order valence-corrected chi connectivity index (χ2v) is 7.86. The van der Waals surface area contributed by atoms with Crippen LogP contribution in [0.3, 0.4) is 0 Å². The predicted molar refractivity (Wildman–Crippen MR) is 84.8 cm³/mol. The number of fused-ring (bicyclic) bond motifs is 1. The van der Waals surface area contributed by atoms with E-state index >= 15 is 0 Å². The van der Waals surface area contributed by atoms with E-state index in [0.29, 0.717) is 12.2 Å². The molecule has 2 heterocycles. The second kappa shape index (κ2) is 5.17. The molecule has 0 spiro atoms. The highest BCUT2D eigenvalue weighted by atomic mass is 32.2. The summed E-state index contributed by atoms with van der Waals surface area (Å²) in [6.45, 7) is 0.348. The fraction of sp³-hybridized carbons (Fsp3) is 0.0769. The fourth-order valence-electron chi connectivity index (χ4n) is 1.85. The van der Waals surface area contributed by atoms with Crippen molar-refractivity contribution >= 4 is 48.5 Å². The zero-order valence-electron chi connectivity index (χ0n) is 10.4. The highest BCUT2D eigenvalue weighted by Crippen LogP contribution is 2.26. The molecule has 3 rings (SSSR count). The van der Waals surface area contributed by atoms with E-state index in [1.807, 2.05) is 23.6 Å². The van der Waals surface area contributed by atoms with Crippen LogP contribution in [-0.4, -0.2) is 8.42 Å². The number of thiophene rings is 2. The standard InChI is InChI=1S/C13H12N2O2S3/c14-7-11-6-12(8-19-11)20(16,17)15-10-1-2-13-9(5-10)3-4-18-13/h1-6,8,15H,7,14H2. The van der Waals surface area contributed by atoms with Crippen LogP contribution in [0.2, 0.25) is 0 Å². The highest BCUT2D eigenvalue weighted by molar-refractivity contribution is 7.92. The quantitative estimate of drug-likeness (QED) is 0.774. The maximum absolute atomic E-state index is 12.3. The van der Waals surface area contributed by atoms with Gasteiger partial charge in [-0.25, -0.2) is 8.42 Å². The Morgan fingerprint density at radius 3 is 2.75 bits per heavy atom. The van der Waals surface area contributed by atoms with Crippen molar-refractivity contribution in [2.45, 2.75) is 11.4 Å². The Morgan fingerprint density at radius 2 is 2.00 bits per heavy atom. The average molecular weight is 324 g/mol. The number of hydrogen-bond donors (Lipinski definition) is 2. The Hall–Kier alpha value is -1.41. The van der Waals surface area contributed by atoms with Gasteiger partial charge in [0.2, 0.25) is 0 Å². The fourth-order valence-corrected chi connectivity index (χ4v) is 4.83. The van der Waals surface area contributed by atoms with Crippen molar-refractivity contribution in [1.82, 2.24) is 0 Å². The molecule has 0 aliphatic rings. The van der Waals surface area contributed by atoms with Gasteiger partial charge in [-0.1, -0.05) is 0 Å². The number of hydrogen-bond acceptors (Lipinski definition) is 5. The molecule has 1 aromatic carbocycles. The lowest BCUT2D eigenvalue weighted by Gasteiger charge is -2.06. The van der Waals surface area contributed by atoms with E-state index in [9.17, 15) is 8.42 Å². The lowest BCUT2D eigenvalue weighted by molar-refractivity contribution is 0.601. The number of rotatable bonds is 4. The second-order valence-electron chi connectivity index (χ2n) is 4.23. The number of nitrogens with two attached hydrogens (primary N) is 1. The average Bonchev–Trinajstić information content (AvgIpc) is 3.06. The van der Waals surface area contributed by atoms with Gasteiger partial charge in [-0.2, -0.15) is 0 Å². The lowest BCUT2D eigenvalue weighted by Crippen LogP contribution is -2.12. The SMILES string of the molecule is NCc1cc(S(=O)(=O)Nc2ccc3sccc3c2)cs1. The third-order valence-corrected chi connectivity index (χ3v) is 6.21. The molecular weight excluding hydrogens is 312 g/mol. The predicted octanol–water partition coefficient (Wildman–Crippen LogP) is 3.22. The number of nitrogens with one attached hydrogen (secondary N) is 1. The van der Waals surface area contributed by atoms with Crippen LogP contribution in [0.5, 0.6) is 0 Å². The zero-order valence-corrected chi connectivity index (χ0v) is 12.8. The third kappa shape index (κ3) is 2.57. The first-order valence-electron chi connectivity index (χ1n) is 5.86. The molecule has 4 nitrogen and oxygen atoms in total. The summed E-state index contributed by atoms with van der Waals surface area (Å²) in [7, 11) is -3.55. The van der Waals surface area contributed by atoms with Crippen LogP contribution in [0.15, 0.2) is 46.0 Å². The van der Waals surface area contributed by atoms with Gasteiger partial charge in [-0.05, 0) is 41.1 Å². The first kappa shape index (κ1) is 13.6. The minimum atomic E-state index is -3.55. The molecule has 0 amide bonds. The van der Waals surface area contributed by atoms with Gasteiger partial charge < -0.3 is 5.73 Å². The molecule has 7 heteroatoms. The molecule has 3 aromatic rings. The number of benzene rings is 1. The minimum Gasteiger partial charge on any atom is -0.326 e. The third-order valence-electron chi connectivity index (χ3n) is 2.85. The van der Waals surface area contributed by atoms with E-state index in [4.69, 9.17) is 5.73 Å². The molecule has 0 saturated carbocycles. The summed E-state index contributed by atoms with van der Waals surface area (Å²) < 4.78 is 28.3. The van der Waals surface area contributed by atoms with Crippen molar-refractivity contribution in [2.24, 2.45) is 5.73 Å². The molecule has 104 valence electrons. The van der Waals surface area contributed by atoms with Gasteiger partial charge in [-0.15, -0.1) is 22.7 Å². The van der Waals surface area contributed by atoms with Crippen LogP contribution in [0, 0.1) is 0 Å². The molecule has 0 fully saturated rings. The number of sulfonamides is 1. The minimum absolute atomic E-state index is 0.258. The van der Waals surface area contributed by atoms with Crippen LogP contribution >= 0.6 is 22.7 Å². The monoisotopic (exact) mass is 324 g/mol. The molecule has 0 unspecified atom stereocenters. The smallest absolute Gasteiger partial charge is 0.262 e. The van der Waals surface area contributed by atoms with Gasteiger partial charge in [0.1, 0.15) is 0 Å². The molecular formula is C13H12N2O2S3. The Morgan fingerprint density at radius 1 is 1.15 bits per heavy atom. The van der Waals surface area contributed by atoms with E-state index < -0.39 is 10.0 Å². The van der Waals surface area contributed by atoms with Gasteiger partial charge in [0.25, 0.3) is 10.0 Å². The van der Waals surface area contributed by atoms with E-state index in [1.165, 1.54) is 11.3 Å². The summed E-state index contributed by atoms with van der Waals surface area (Å²) in [6, 6.07) is 9.09. The van der Waals surface area contributed by atoms with Gasteiger partial charge in [0.15, 0.2) is 0 Å². The van der Waals surface area contributed by atoms with Crippen molar-refractivity contribution in [2.75, 3.05) is 4.72 Å². The van der Waals surface area contributed by atoms with E-state index in [0.717, 1.165) is 15.0 Å². The van der Waals surface area contributed by atoms with Gasteiger partial charge in [-0.3, -0.25) is 4.72 Å².